The molecule has 0 saturated carbocycles. The van der Waals surface area contributed by atoms with Crippen LogP contribution in [0.2, 0.25) is 0 Å². The molecule has 0 aromatic heterocycles. The summed E-state index contributed by atoms with van der Waals surface area (Å²) in [5.41, 5.74) is 2.93. The van der Waals surface area contributed by atoms with Crippen LogP contribution in [0.5, 0.6) is 11.5 Å². The van der Waals surface area contributed by atoms with E-state index in [0.29, 0.717) is 13.2 Å². The van der Waals surface area contributed by atoms with Gasteiger partial charge >= 0.3 is 0 Å². The first-order chi connectivity index (χ1) is 12.1. The van der Waals surface area contributed by atoms with E-state index in [9.17, 15) is 0 Å². The normalized spacial score (nSPS) is 24.6. The van der Waals surface area contributed by atoms with Crippen LogP contribution in [0.15, 0.2) is 42.5 Å². The first-order valence-corrected chi connectivity index (χ1v) is 8.48. The molecule has 2 aromatic rings. The Morgan fingerprint density at radius 3 is 2.80 bits per heavy atom. The number of rotatable bonds is 3. The summed E-state index contributed by atoms with van der Waals surface area (Å²) in [4.78, 5) is 2.11. The number of hydrogen-bond donors (Lipinski definition) is 0. The molecule has 4 rings (SSSR count). The summed E-state index contributed by atoms with van der Waals surface area (Å²) in [5.74, 6) is 0.560. The molecular formula is C20H23NO4. The summed E-state index contributed by atoms with van der Waals surface area (Å²) in [7, 11) is 5.73. The molecule has 2 aliphatic rings. The molecule has 5 nitrogen and oxygen atoms in total. The largest absolute Gasteiger partial charge is 0.497 e. The number of benzene rings is 2. The van der Waals surface area contributed by atoms with Crippen LogP contribution < -0.4 is 9.47 Å². The molecule has 1 spiro atoms. The number of nitrogens with zero attached hydrogens (tertiary/aromatic N) is 1. The highest BCUT2D eigenvalue weighted by Gasteiger charge is 2.49. The fourth-order valence-electron chi connectivity index (χ4n) is 3.58. The highest BCUT2D eigenvalue weighted by molar-refractivity contribution is 5.51. The highest BCUT2D eigenvalue weighted by atomic mass is 16.7. The summed E-state index contributed by atoms with van der Waals surface area (Å²) in [6, 6.07) is 13.9. The lowest BCUT2D eigenvalue weighted by molar-refractivity contribution is -0.144. The average Bonchev–Trinajstić information content (AvgIpc) is 2.98. The molecule has 0 N–H and O–H groups in total. The maximum Gasteiger partial charge on any atom is 0.227 e. The van der Waals surface area contributed by atoms with Crippen molar-refractivity contribution in [3.63, 3.8) is 0 Å². The van der Waals surface area contributed by atoms with E-state index in [1.165, 1.54) is 0 Å². The summed E-state index contributed by atoms with van der Waals surface area (Å²) in [6.45, 7) is 1.82. The van der Waals surface area contributed by atoms with E-state index in [1.807, 2.05) is 44.4 Å². The fourth-order valence-corrected chi connectivity index (χ4v) is 3.58. The molecule has 2 aliphatic heterocycles. The Kier molecular flexibility index (Phi) is 4.15. The smallest absolute Gasteiger partial charge is 0.227 e. The predicted octanol–water partition coefficient (Wildman–Crippen LogP) is 2.77. The van der Waals surface area contributed by atoms with Crippen molar-refractivity contribution in [2.45, 2.75) is 18.5 Å². The van der Waals surface area contributed by atoms with Gasteiger partial charge in [0.25, 0.3) is 0 Å². The Morgan fingerprint density at radius 2 is 2.00 bits per heavy atom. The van der Waals surface area contributed by atoms with Gasteiger partial charge in [-0.15, -0.1) is 0 Å². The van der Waals surface area contributed by atoms with Gasteiger partial charge in [-0.05, 0) is 37.9 Å². The standard InChI is InChI=1S/C20H23NO4/c1-21(2)11-16-13-24-20(25-16)17-7-5-4-6-14(17)12-23-19-9-8-15(22-3)10-18(19)20/h4-10,16H,11-13H2,1-3H3. The van der Waals surface area contributed by atoms with E-state index in [0.717, 1.165) is 34.7 Å². The van der Waals surface area contributed by atoms with E-state index in [1.54, 1.807) is 7.11 Å². The number of fused-ring (bicyclic) bond motifs is 4. The molecule has 5 heteroatoms. The Labute approximate surface area is 148 Å². The monoisotopic (exact) mass is 341 g/mol. The Hall–Kier alpha value is -2.08. The van der Waals surface area contributed by atoms with Gasteiger partial charge in [0.2, 0.25) is 5.79 Å². The molecule has 132 valence electrons. The average molecular weight is 341 g/mol. The molecule has 1 fully saturated rings. The van der Waals surface area contributed by atoms with Gasteiger partial charge in [0.05, 0.1) is 25.4 Å². The maximum atomic E-state index is 6.53. The van der Waals surface area contributed by atoms with Crippen LogP contribution in [-0.2, 0) is 21.9 Å². The lowest BCUT2D eigenvalue weighted by Crippen LogP contribution is -2.33. The van der Waals surface area contributed by atoms with Crippen LogP contribution in [0.4, 0.5) is 0 Å². The minimum Gasteiger partial charge on any atom is -0.497 e. The second-order valence-electron chi connectivity index (χ2n) is 6.74. The SMILES string of the molecule is COc1ccc2c(c1)C1(OCC(CN(C)C)O1)c1ccccc1CO2. The van der Waals surface area contributed by atoms with Gasteiger partial charge in [-0.3, -0.25) is 0 Å². The van der Waals surface area contributed by atoms with Crippen molar-refractivity contribution in [2.75, 3.05) is 34.4 Å². The van der Waals surface area contributed by atoms with Gasteiger partial charge in [-0.1, -0.05) is 24.3 Å². The third-order valence-electron chi connectivity index (χ3n) is 4.67. The van der Waals surface area contributed by atoms with Crippen LogP contribution in [0.3, 0.4) is 0 Å². The van der Waals surface area contributed by atoms with Crippen LogP contribution in [-0.4, -0.2) is 45.4 Å². The Balaban J connectivity index is 1.87. The van der Waals surface area contributed by atoms with Gasteiger partial charge in [0.1, 0.15) is 18.1 Å². The van der Waals surface area contributed by atoms with Gasteiger partial charge in [0, 0.05) is 12.1 Å². The van der Waals surface area contributed by atoms with Gasteiger partial charge < -0.3 is 23.8 Å². The Bertz CT molecular complexity index is 776. The lowest BCUT2D eigenvalue weighted by Gasteiger charge is -2.30. The van der Waals surface area contributed by atoms with E-state index >= 15 is 0 Å². The van der Waals surface area contributed by atoms with E-state index < -0.39 is 5.79 Å². The minimum atomic E-state index is -0.961. The maximum absolute atomic E-state index is 6.53. The number of methoxy groups -OCH3 is 1. The third-order valence-corrected chi connectivity index (χ3v) is 4.67. The van der Waals surface area contributed by atoms with Crippen molar-refractivity contribution >= 4 is 0 Å². The fraction of sp³-hybridized carbons (Fsp3) is 0.400. The van der Waals surface area contributed by atoms with E-state index in [2.05, 4.69) is 17.0 Å². The summed E-state index contributed by atoms with van der Waals surface area (Å²) in [6.07, 6.45) is -0.0137. The number of likely N-dealkylation sites (N-methyl/N-ethyl adjacent to an activating group) is 1. The minimum absolute atomic E-state index is 0.0137. The van der Waals surface area contributed by atoms with Crippen molar-refractivity contribution in [3.05, 3.63) is 59.2 Å². The zero-order valence-corrected chi connectivity index (χ0v) is 14.8. The van der Waals surface area contributed by atoms with Gasteiger partial charge in [-0.2, -0.15) is 0 Å². The first kappa shape index (κ1) is 16.4. The summed E-state index contributed by atoms with van der Waals surface area (Å²) in [5, 5.41) is 0. The quantitative estimate of drug-likeness (QED) is 0.859. The molecule has 0 bridgehead atoms. The molecular weight excluding hydrogens is 318 g/mol. The highest BCUT2D eigenvalue weighted by Crippen LogP contribution is 2.48. The van der Waals surface area contributed by atoms with Crippen LogP contribution in [0.25, 0.3) is 0 Å². The van der Waals surface area contributed by atoms with E-state index in [4.69, 9.17) is 18.9 Å². The molecule has 1 saturated heterocycles. The molecule has 2 heterocycles. The number of ether oxygens (including phenoxy) is 4. The van der Waals surface area contributed by atoms with Crippen LogP contribution in [0, 0.1) is 0 Å². The molecule has 2 unspecified atom stereocenters. The summed E-state index contributed by atoms with van der Waals surface area (Å²) >= 11 is 0. The molecule has 0 aliphatic carbocycles. The molecule has 0 amide bonds. The zero-order chi connectivity index (χ0) is 17.4. The van der Waals surface area contributed by atoms with Gasteiger partial charge in [-0.25, -0.2) is 0 Å². The van der Waals surface area contributed by atoms with Crippen LogP contribution >= 0.6 is 0 Å². The third kappa shape index (κ3) is 2.78. The van der Waals surface area contributed by atoms with Crippen molar-refractivity contribution in [3.8, 4) is 11.5 Å². The van der Waals surface area contributed by atoms with Crippen molar-refractivity contribution in [2.24, 2.45) is 0 Å². The van der Waals surface area contributed by atoms with Crippen molar-refractivity contribution in [1.29, 1.82) is 0 Å². The molecule has 0 radical (unpaired) electrons. The molecule has 2 atom stereocenters. The zero-order valence-electron chi connectivity index (χ0n) is 14.8. The summed E-state index contributed by atoms with van der Waals surface area (Å²) < 4.78 is 24.4. The van der Waals surface area contributed by atoms with Crippen molar-refractivity contribution < 1.29 is 18.9 Å². The topological polar surface area (TPSA) is 40.2 Å². The van der Waals surface area contributed by atoms with Crippen LogP contribution in [0.1, 0.15) is 16.7 Å². The Morgan fingerprint density at radius 1 is 1.16 bits per heavy atom. The molecule has 25 heavy (non-hydrogen) atoms. The molecule has 2 aromatic carbocycles. The predicted molar refractivity (Wildman–Crippen MR) is 93.9 cm³/mol. The lowest BCUT2D eigenvalue weighted by atomic mass is 9.93. The second kappa shape index (κ2) is 6.33. The first-order valence-electron chi connectivity index (χ1n) is 8.48. The second-order valence-corrected chi connectivity index (χ2v) is 6.74. The van der Waals surface area contributed by atoms with E-state index in [-0.39, 0.29) is 6.10 Å². The van der Waals surface area contributed by atoms with Crippen molar-refractivity contribution in [1.82, 2.24) is 4.90 Å². The number of hydrogen-bond acceptors (Lipinski definition) is 5. The van der Waals surface area contributed by atoms with Gasteiger partial charge in [0.15, 0.2) is 0 Å².